The summed E-state index contributed by atoms with van der Waals surface area (Å²) < 4.78 is 36.6. The topological polar surface area (TPSA) is 237 Å². The number of alkyl carbamates (subject to hydrolysis) is 1. The van der Waals surface area contributed by atoms with Gasteiger partial charge in [0.25, 0.3) is 0 Å². The van der Waals surface area contributed by atoms with Gasteiger partial charge in [0.05, 0.1) is 29.5 Å². The predicted molar refractivity (Wildman–Crippen MR) is 251 cm³/mol. The molecule has 2 saturated heterocycles. The Morgan fingerprint density at radius 1 is 0.929 bits per heavy atom. The summed E-state index contributed by atoms with van der Waals surface area (Å²) >= 11 is 0. The summed E-state index contributed by atoms with van der Waals surface area (Å²) in [6.07, 6.45) is -11.1. The minimum atomic E-state index is -2.41. The van der Waals surface area contributed by atoms with Crippen molar-refractivity contribution < 1.29 is 72.5 Å². The molecule has 11 atom stereocenters. The first-order valence-corrected chi connectivity index (χ1v) is 24.1. The molecule has 2 bridgehead atoms. The third-order valence-corrected chi connectivity index (χ3v) is 15.3. The first-order chi connectivity index (χ1) is 32.8. The monoisotopic (exact) mass is 975 g/mol. The summed E-state index contributed by atoms with van der Waals surface area (Å²) in [5.41, 5.74) is -8.40. The Hall–Kier alpha value is -5.24. The normalized spacial score (nSPS) is 31.7. The molecular weight excluding hydrogens is 907 g/mol. The average Bonchev–Trinajstić information content (AvgIpc) is 3.29. The van der Waals surface area contributed by atoms with Crippen molar-refractivity contribution >= 4 is 35.8 Å². The number of carbonyl (C=O) groups excluding carboxylic acids is 6. The lowest BCUT2D eigenvalue weighted by Crippen LogP contribution is -2.82. The fraction of sp³-hybridized carbons (Fsp3) is 0.615. The summed E-state index contributed by atoms with van der Waals surface area (Å²) in [5.74, 6) is -6.06. The first kappa shape index (κ1) is 52.6. The number of nitrogens with one attached hydrogen (secondary N) is 1. The fourth-order valence-electron chi connectivity index (χ4n) is 11.4. The number of ketones is 1. The minimum Gasteiger partial charge on any atom is -0.461 e. The van der Waals surface area contributed by atoms with Gasteiger partial charge >= 0.3 is 30.0 Å². The van der Waals surface area contributed by atoms with E-state index in [9.17, 15) is 39.3 Å². The molecule has 2 heterocycles. The third-order valence-electron chi connectivity index (χ3n) is 15.3. The van der Waals surface area contributed by atoms with Crippen LogP contribution in [0.4, 0.5) is 4.79 Å². The van der Waals surface area contributed by atoms with E-state index in [1.807, 2.05) is 0 Å². The number of amides is 1. The number of rotatable bonds is 13. The molecule has 7 rings (SSSR count). The second kappa shape index (κ2) is 20.1. The summed E-state index contributed by atoms with van der Waals surface area (Å²) in [7, 11) is 2.05. The van der Waals surface area contributed by atoms with E-state index in [1.54, 1.807) is 83.1 Å². The van der Waals surface area contributed by atoms with Crippen LogP contribution in [0.1, 0.15) is 103 Å². The number of aliphatic hydroxyl groups excluding tert-OH is 2. The number of hydrogen-bond acceptors (Lipinski definition) is 17. The molecular formula is C52H69N3O15. The highest BCUT2D eigenvalue weighted by molar-refractivity contribution is 5.94. The van der Waals surface area contributed by atoms with E-state index >= 15 is 4.79 Å². The van der Waals surface area contributed by atoms with E-state index < -0.39 is 118 Å². The van der Waals surface area contributed by atoms with E-state index in [2.05, 4.69) is 22.2 Å². The van der Waals surface area contributed by atoms with Crippen LogP contribution in [0, 0.1) is 16.7 Å². The lowest BCUT2D eigenvalue weighted by atomic mass is 9.44. The standard InChI is InChI=1S/C52H69N3O15/c1-30-34(66-46(62)41(59)39(32-17-12-10-13-18-32)53-47(63)70-48(3,4)5)28-52(64)44(68-45(61)33-19-14-11-15-20-33)42-50(8,43(60)40(58)38(30)49(52,6)7)35(27-36-51(42,29-65-36)69-31(2)56)67-37(57)21-16-22-55-25-23-54(9)24-26-55/h10-15,17-20,34-36,39-42,44,58-59,64H,16,21-29H2,1-9H3,(H,53,63)/t34-,35-,36?,39-,40+,41?,42-,44-,50?,51-,52?/m0/s1. The molecule has 5 aliphatic rings. The van der Waals surface area contributed by atoms with Crippen LogP contribution in [0.15, 0.2) is 71.8 Å². The predicted octanol–water partition coefficient (Wildman–Crippen LogP) is 3.84. The van der Waals surface area contributed by atoms with Gasteiger partial charge in [0.15, 0.2) is 17.5 Å². The Kier molecular flexibility index (Phi) is 15.1. The van der Waals surface area contributed by atoms with Gasteiger partial charge in [-0.05, 0) is 83.5 Å². The number of ether oxygens (including phenoxy) is 6. The van der Waals surface area contributed by atoms with Crippen LogP contribution in [0.5, 0.6) is 0 Å². The van der Waals surface area contributed by atoms with Gasteiger partial charge in [-0.3, -0.25) is 14.4 Å². The molecule has 18 heteroatoms. The van der Waals surface area contributed by atoms with Crippen molar-refractivity contribution in [1.82, 2.24) is 15.1 Å². The van der Waals surface area contributed by atoms with Crippen LogP contribution in [0.25, 0.3) is 0 Å². The number of hydrogen-bond donors (Lipinski definition) is 4. The smallest absolute Gasteiger partial charge is 0.408 e. The highest BCUT2D eigenvalue weighted by Gasteiger charge is 2.78. The number of likely N-dealkylation sites (N-methyl/N-ethyl adjacent to an activating group) is 1. The molecule has 4 fully saturated rings. The lowest BCUT2D eigenvalue weighted by molar-refractivity contribution is -0.346. The average molecular weight is 976 g/mol. The molecule has 1 amide bonds. The van der Waals surface area contributed by atoms with Gasteiger partial charge in [0, 0.05) is 57.8 Å². The van der Waals surface area contributed by atoms with Crippen molar-refractivity contribution in [3.05, 3.63) is 82.9 Å². The van der Waals surface area contributed by atoms with Gasteiger partial charge in [-0.1, -0.05) is 62.4 Å². The molecule has 0 radical (unpaired) electrons. The van der Waals surface area contributed by atoms with Crippen LogP contribution in [-0.4, -0.2) is 161 Å². The zero-order chi connectivity index (χ0) is 51.1. The number of Topliss-reactive ketones (excluding diaryl/α,β-unsaturated/α-hetero) is 1. The van der Waals surface area contributed by atoms with Crippen molar-refractivity contribution in [2.24, 2.45) is 16.7 Å². The molecule has 2 aromatic carbocycles. The molecule has 2 aliphatic heterocycles. The first-order valence-electron chi connectivity index (χ1n) is 24.1. The zero-order valence-electron chi connectivity index (χ0n) is 41.6. The maximum atomic E-state index is 15.7. The van der Waals surface area contributed by atoms with Gasteiger partial charge in [-0.25, -0.2) is 14.4 Å². The number of esters is 4. The number of carbonyl (C=O) groups is 6. The molecule has 3 aliphatic carbocycles. The largest absolute Gasteiger partial charge is 0.461 e. The molecule has 2 aromatic rings. The minimum absolute atomic E-state index is 0.00802. The van der Waals surface area contributed by atoms with Crippen LogP contribution in [0.3, 0.4) is 0 Å². The highest BCUT2D eigenvalue weighted by Crippen LogP contribution is 2.64. The Bertz CT molecular complexity index is 2330. The van der Waals surface area contributed by atoms with Crippen molar-refractivity contribution in [2.75, 3.05) is 46.4 Å². The molecule has 4 N–H and O–H groups in total. The Labute approximate surface area is 408 Å². The molecule has 2 saturated carbocycles. The van der Waals surface area contributed by atoms with Gasteiger partial charge in [0.1, 0.15) is 41.7 Å². The maximum Gasteiger partial charge on any atom is 0.408 e. The Balaban J connectivity index is 1.32. The Morgan fingerprint density at radius 2 is 1.56 bits per heavy atom. The van der Waals surface area contributed by atoms with Crippen LogP contribution < -0.4 is 5.32 Å². The number of aliphatic hydroxyl groups is 3. The second-order valence-corrected chi connectivity index (χ2v) is 21.3. The zero-order valence-corrected chi connectivity index (χ0v) is 41.6. The number of piperazine rings is 1. The van der Waals surface area contributed by atoms with Gasteiger partial charge in [-0.15, -0.1) is 0 Å². The molecule has 70 heavy (non-hydrogen) atoms. The molecule has 0 aromatic heterocycles. The van der Waals surface area contributed by atoms with E-state index in [4.69, 9.17) is 28.4 Å². The number of nitrogens with zero attached hydrogens (tertiary/aromatic N) is 2. The SMILES string of the molecule is CC(=O)O[C@@]12COC1C[C@H](OC(=O)CCCN1CCN(C)CC1)C1(C)C(=O)[C@H](O)C3=C(C)[C@@H](OC(=O)C(O)[C@@H](NC(=O)OC(C)(C)C)c4ccccc4)CC(O)([C@@H](OC(=O)c4ccccc4)[C@@H]12)C3(C)C. The van der Waals surface area contributed by atoms with Crippen molar-refractivity contribution in [2.45, 2.75) is 141 Å². The summed E-state index contributed by atoms with van der Waals surface area (Å²) in [5, 5.41) is 40.8. The summed E-state index contributed by atoms with van der Waals surface area (Å²) in [6, 6.07) is 14.7. The van der Waals surface area contributed by atoms with Crippen molar-refractivity contribution in [3.8, 4) is 0 Å². The lowest BCUT2D eigenvalue weighted by Gasteiger charge is -2.67. The van der Waals surface area contributed by atoms with Gasteiger partial charge in [-0.2, -0.15) is 0 Å². The van der Waals surface area contributed by atoms with E-state index in [1.165, 1.54) is 32.9 Å². The number of fused-ring (bicyclic) bond motifs is 5. The quantitative estimate of drug-likeness (QED) is 0.127. The van der Waals surface area contributed by atoms with Crippen LogP contribution in [-0.2, 0) is 47.6 Å². The molecule has 4 unspecified atom stereocenters. The van der Waals surface area contributed by atoms with E-state index in [-0.39, 0.29) is 36.2 Å². The van der Waals surface area contributed by atoms with Crippen LogP contribution in [0.2, 0.25) is 0 Å². The van der Waals surface area contributed by atoms with Crippen molar-refractivity contribution in [1.29, 1.82) is 0 Å². The van der Waals surface area contributed by atoms with E-state index in [0.717, 1.165) is 26.2 Å². The summed E-state index contributed by atoms with van der Waals surface area (Å²) in [4.78, 5) is 89.4. The molecule has 0 spiro atoms. The number of benzene rings is 2. The second-order valence-electron chi connectivity index (χ2n) is 21.3. The van der Waals surface area contributed by atoms with Crippen LogP contribution >= 0.6 is 0 Å². The fourth-order valence-corrected chi connectivity index (χ4v) is 11.4. The summed E-state index contributed by atoms with van der Waals surface area (Å²) in [6.45, 7) is 16.0. The molecule has 18 nitrogen and oxygen atoms in total. The highest BCUT2D eigenvalue weighted by atomic mass is 16.6. The van der Waals surface area contributed by atoms with Gasteiger partial charge in [0.2, 0.25) is 0 Å². The van der Waals surface area contributed by atoms with Gasteiger partial charge < -0.3 is 58.9 Å². The molecule has 382 valence electrons. The third kappa shape index (κ3) is 9.99. The van der Waals surface area contributed by atoms with Crippen molar-refractivity contribution in [3.63, 3.8) is 0 Å². The van der Waals surface area contributed by atoms with E-state index in [0.29, 0.717) is 18.5 Å². The Morgan fingerprint density at radius 3 is 2.14 bits per heavy atom. The maximum absolute atomic E-state index is 15.7.